The highest BCUT2D eigenvalue weighted by molar-refractivity contribution is 5.97. The van der Waals surface area contributed by atoms with E-state index in [1.165, 1.54) is 11.1 Å². The van der Waals surface area contributed by atoms with Gasteiger partial charge in [0, 0.05) is 40.0 Å². The molecule has 12 nitrogen and oxygen atoms in total. The van der Waals surface area contributed by atoms with Gasteiger partial charge in [0.25, 0.3) is 0 Å². The molecule has 2 aromatic rings. The van der Waals surface area contributed by atoms with Gasteiger partial charge in [-0.1, -0.05) is 87.0 Å². The van der Waals surface area contributed by atoms with Crippen LogP contribution >= 0.6 is 0 Å². The van der Waals surface area contributed by atoms with Crippen molar-refractivity contribution in [3.05, 3.63) is 101 Å². The fourth-order valence-corrected chi connectivity index (χ4v) is 12.0. The minimum atomic E-state index is -1.40. The van der Waals surface area contributed by atoms with Crippen molar-refractivity contribution < 1.29 is 44.0 Å². The highest BCUT2D eigenvalue weighted by Crippen LogP contribution is 2.70. The number of aliphatic carboxylic acids is 1. The van der Waals surface area contributed by atoms with Crippen molar-refractivity contribution in [1.82, 2.24) is 10.6 Å². The van der Waals surface area contributed by atoms with Gasteiger partial charge in [-0.2, -0.15) is 0 Å². The van der Waals surface area contributed by atoms with E-state index in [1.807, 2.05) is 56.3 Å². The molecule has 1 heterocycles. The van der Waals surface area contributed by atoms with E-state index in [2.05, 4.69) is 61.0 Å². The summed E-state index contributed by atoms with van der Waals surface area (Å²) in [6.07, 6.45) is 10.7. The Bertz CT molecular complexity index is 2170. The molecule has 0 spiro atoms. The average Bonchev–Trinajstić information content (AvgIpc) is 3.52. The van der Waals surface area contributed by atoms with Gasteiger partial charge in [0.1, 0.15) is 12.6 Å². The molecule has 2 aromatic carbocycles. The van der Waals surface area contributed by atoms with Crippen LogP contribution in [-0.2, 0) is 35.1 Å². The molecule has 2 unspecified atom stereocenters. The number of Topliss-reactive ketones (excluding diaryl/α,β-unsaturated/α-hetero) is 1. The number of hydrogen-bond acceptors (Lipinski definition) is 9. The second kappa shape index (κ2) is 16.3. The topological polar surface area (TPSA) is 184 Å². The number of hydrogen-bond donors (Lipinski definition) is 6. The second-order valence-electron chi connectivity index (χ2n) is 19.3. The number of nitrogens with one attached hydrogen (secondary N) is 3. The van der Waals surface area contributed by atoms with Crippen LogP contribution in [0.4, 0.5) is 5.69 Å². The quantitative estimate of drug-likeness (QED) is 0.133. The number of ketones is 1. The Morgan fingerprint density at radius 1 is 1.03 bits per heavy atom. The van der Waals surface area contributed by atoms with Crippen LogP contribution in [0.5, 0.6) is 0 Å². The van der Waals surface area contributed by atoms with Gasteiger partial charge in [-0.3, -0.25) is 19.2 Å². The van der Waals surface area contributed by atoms with Gasteiger partial charge >= 0.3 is 5.97 Å². The summed E-state index contributed by atoms with van der Waals surface area (Å²) in [5.74, 6) is -1.64. The standard InChI is InChI=1S/C49H61N3O9/c1-6-29-18-19-46(3)33(21-29)14-15-35-36-23-40-49(39(55)27-53,47(36,4)25-38(54)43(35)46)61-45(60-40)32-12-10-30(11-13-32)20-31-8-7-9-34(22-31)51-44(59)37(16-17-42(57)58)52-41(56)26-50-48(5)24-28(48)2/h6-13,18-19,21-22,28,35-38,40,43,45,50,53-54H,14-17,20,23-27H2,1-5H3,(H,51,59)(H,52,56)(H,57,58)/b29-6+/t28?,35-,36-,37-,38-,40+,43+,45+,46-,47-,48?,49+/m0/s1. The van der Waals surface area contributed by atoms with Crippen LogP contribution in [0.3, 0.4) is 0 Å². The van der Waals surface area contributed by atoms with Crippen LogP contribution in [0.2, 0.25) is 0 Å². The van der Waals surface area contributed by atoms with Crippen LogP contribution in [-0.4, -0.2) is 81.4 Å². The van der Waals surface area contributed by atoms with Gasteiger partial charge in [-0.15, -0.1) is 0 Å². The molecule has 326 valence electrons. The maximum Gasteiger partial charge on any atom is 0.303 e. The highest BCUT2D eigenvalue weighted by Gasteiger charge is 2.75. The maximum absolute atomic E-state index is 14.0. The molecule has 61 heavy (non-hydrogen) atoms. The molecular weight excluding hydrogens is 775 g/mol. The van der Waals surface area contributed by atoms with Crippen molar-refractivity contribution in [3.8, 4) is 0 Å². The van der Waals surface area contributed by atoms with Crippen LogP contribution in [0.1, 0.15) is 103 Å². The van der Waals surface area contributed by atoms with Gasteiger partial charge < -0.3 is 40.7 Å². The summed E-state index contributed by atoms with van der Waals surface area (Å²) < 4.78 is 13.5. The number of carbonyl (C=O) groups is 4. The number of aliphatic hydroxyl groups excluding tert-OH is 2. The number of carboxylic acids is 1. The first-order chi connectivity index (χ1) is 29.0. The first kappa shape index (κ1) is 43.2. The zero-order valence-electron chi connectivity index (χ0n) is 35.9. The monoisotopic (exact) mass is 835 g/mol. The van der Waals surface area contributed by atoms with E-state index < -0.39 is 59.8 Å². The molecule has 1 aliphatic heterocycles. The van der Waals surface area contributed by atoms with Gasteiger partial charge in [0.05, 0.1) is 18.8 Å². The number of fused-ring (bicyclic) bond motifs is 7. The van der Waals surface area contributed by atoms with E-state index in [4.69, 9.17) is 9.47 Å². The van der Waals surface area contributed by atoms with E-state index in [1.54, 1.807) is 6.07 Å². The molecular formula is C49H61N3O9. The lowest BCUT2D eigenvalue weighted by Gasteiger charge is -2.59. The normalized spacial score (nSPS) is 36.8. The zero-order chi connectivity index (χ0) is 43.5. The molecule has 6 N–H and O–H groups in total. The molecule has 0 bridgehead atoms. The molecule has 12 heteroatoms. The van der Waals surface area contributed by atoms with Gasteiger partial charge in [0.2, 0.25) is 11.8 Å². The summed E-state index contributed by atoms with van der Waals surface area (Å²) >= 11 is 0. The Morgan fingerprint density at radius 2 is 1.79 bits per heavy atom. The lowest BCUT2D eigenvalue weighted by Crippen LogP contribution is -2.63. The van der Waals surface area contributed by atoms with Gasteiger partial charge in [-0.25, -0.2) is 0 Å². The maximum atomic E-state index is 14.0. The predicted octanol–water partition coefficient (Wildman–Crippen LogP) is 5.93. The fourth-order valence-electron chi connectivity index (χ4n) is 12.0. The zero-order valence-corrected chi connectivity index (χ0v) is 35.9. The molecule has 6 aliphatic rings. The molecule has 1 saturated heterocycles. The number of carboxylic acid groups (broad SMARTS) is 1. The van der Waals surface area contributed by atoms with Crippen LogP contribution in [0, 0.1) is 34.5 Å². The van der Waals surface area contributed by atoms with Crippen molar-refractivity contribution in [1.29, 1.82) is 0 Å². The Kier molecular flexibility index (Phi) is 11.6. The van der Waals surface area contributed by atoms with Crippen LogP contribution in [0.15, 0.2) is 84.0 Å². The first-order valence-corrected chi connectivity index (χ1v) is 22.0. The Labute approximate surface area is 358 Å². The smallest absolute Gasteiger partial charge is 0.303 e. The summed E-state index contributed by atoms with van der Waals surface area (Å²) in [6, 6.07) is 14.1. The third kappa shape index (κ3) is 7.73. The SMILES string of the molecule is C/C=C1\C=C[C@@]2(C)C(=C1)CC[C@@H]1[C@@H]2[C@@H](O)C[C@@]2(C)[C@H]1C[C@H]1O[C@@H](c3ccc(Cc4cccc(NC(=O)[C@H](CCC(=O)O)NC(=O)CNC5(C)CC5C)c4)cc3)O[C@]12C(=O)CO. The number of aliphatic hydroxyl groups is 2. The molecule has 12 atom stereocenters. The van der Waals surface area contributed by atoms with E-state index in [0.29, 0.717) is 30.9 Å². The largest absolute Gasteiger partial charge is 0.481 e. The van der Waals surface area contributed by atoms with Crippen molar-refractivity contribution in [3.63, 3.8) is 0 Å². The molecule has 0 radical (unpaired) electrons. The number of allylic oxidation sites excluding steroid dienone is 6. The molecule has 5 aliphatic carbocycles. The van der Waals surface area contributed by atoms with Crippen molar-refractivity contribution in [2.75, 3.05) is 18.5 Å². The van der Waals surface area contributed by atoms with Crippen molar-refractivity contribution in [2.24, 2.45) is 34.5 Å². The summed E-state index contributed by atoms with van der Waals surface area (Å²) in [5, 5.41) is 40.6. The second-order valence-corrected chi connectivity index (χ2v) is 19.3. The summed E-state index contributed by atoms with van der Waals surface area (Å²) in [7, 11) is 0. The van der Waals surface area contributed by atoms with Crippen LogP contribution in [0.25, 0.3) is 0 Å². The van der Waals surface area contributed by atoms with Gasteiger partial charge in [-0.05, 0) is 105 Å². The minimum absolute atomic E-state index is 0.00110. The summed E-state index contributed by atoms with van der Waals surface area (Å²) in [4.78, 5) is 51.5. The van der Waals surface area contributed by atoms with Crippen molar-refractivity contribution >= 4 is 29.3 Å². The molecule has 5 fully saturated rings. The minimum Gasteiger partial charge on any atom is -0.481 e. The van der Waals surface area contributed by atoms with E-state index >= 15 is 0 Å². The number of amides is 2. The molecule has 4 saturated carbocycles. The molecule has 0 aromatic heterocycles. The molecule has 8 rings (SSSR count). The predicted molar refractivity (Wildman–Crippen MR) is 229 cm³/mol. The average molecular weight is 836 g/mol. The highest BCUT2D eigenvalue weighted by atomic mass is 16.7. The first-order valence-electron chi connectivity index (χ1n) is 22.0. The Hall–Kier alpha value is -4.46. The summed E-state index contributed by atoms with van der Waals surface area (Å²) in [5.41, 5.74) is 3.18. The number of benzene rings is 2. The van der Waals surface area contributed by atoms with E-state index in [9.17, 15) is 34.5 Å². The number of carbonyl (C=O) groups excluding carboxylic acids is 3. The van der Waals surface area contributed by atoms with Crippen LogP contribution < -0.4 is 16.0 Å². The van der Waals surface area contributed by atoms with Crippen molar-refractivity contribution in [2.45, 2.75) is 122 Å². The van der Waals surface area contributed by atoms with E-state index in [-0.39, 0.29) is 54.0 Å². The van der Waals surface area contributed by atoms with Gasteiger partial charge in [0.15, 0.2) is 17.7 Å². The third-order valence-electron chi connectivity index (χ3n) is 15.6. The number of anilines is 1. The Morgan fingerprint density at radius 3 is 2.48 bits per heavy atom. The fraction of sp³-hybridized carbons (Fsp3) is 0.551. The van der Waals surface area contributed by atoms with E-state index in [0.717, 1.165) is 36.0 Å². The third-order valence-corrected chi connectivity index (χ3v) is 15.6. The molecule has 2 amide bonds. The lowest BCUT2D eigenvalue weighted by atomic mass is 9.46. The Balaban J connectivity index is 0.932. The summed E-state index contributed by atoms with van der Waals surface area (Å²) in [6.45, 7) is 9.86. The number of ether oxygens (including phenoxy) is 2. The lowest BCUT2D eigenvalue weighted by molar-refractivity contribution is -0.201. The number of rotatable bonds is 14.